The zero-order chi connectivity index (χ0) is 14.1. The standard InChI is InChI=1S/C16H25N2O/c1-3-4-6-13(7-5-8-16(17)18)14-9-11-15(19-2)12-10-14/h3,9-13H,4-8H2,1-2H3,(H3,17,18). The lowest BCUT2D eigenvalue weighted by atomic mass is 9.89. The second-order valence-electron chi connectivity index (χ2n) is 4.87. The number of methoxy groups -OCH3 is 1. The Hall–Kier alpha value is -1.51. The monoisotopic (exact) mass is 261 g/mol. The normalized spacial score (nSPS) is 12.1. The Balaban J connectivity index is 2.62. The van der Waals surface area contributed by atoms with Crippen molar-refractivity contribution in [1.82, 2.24) is 0 Å². The van der Waals surface area contributed by atoms with Crippen LogP contribution in [0.15, 0.2) is 24.3 Å². The number of unbranched alkanes of at least 4 members (excludes halogenated alkanes) is 1. The number of hydrogen-bond donors (Lipinski definition) is 2. The minimum Gasteiger partial charge on any atom is -0.497 e. The van der Waals surface area contributed by atoms with Crippen LogP contribution in [0.4, 0.5) is 0 Å². The van der Waals surface area contributed by atoms with Gasteiger partial charge in [0.1, 0.15) is 5.75 Å². The van der Waals surface area contributed by atoms with E-state index in [-0.39, 0.29) is 5.84 Å². The molecule has 0 aliphatic carbocycles. The molecule has 1 unspecified atom stereocenters. The maximum atomic E-state index is 7.29. The van der Waals surface area contributed by atoms with Crippen LogP contribution >= 0.6 is 0 Å². The summed E-state index contributed by atoms with van der Waals surface area (Å²) in [6.45, 7) is 2.10. The molecule has 19 heavy (non-hydrogen) atoms. The van der Waals surface area contributed by atoms with Crippen LogP contribution in [0.1, 0.15) is 50.5 Å². The molecular weight excluding hydrogens is 236 g/mol. The molecule has 0 aliphatic rings. The molecule has 0 amide bonds. The second kappa shape index (κ2) is 8.57. The summed E-state index contributed by atoms with van der Waals surface area (Å²) in [7, 11) is 1.69. The van der Waals surface area contributed by atoms with Crippen LogP contribution in [-0.4, -0.2) is 12.9 Å². The summed E-state index contributed by atoms with van der Waals surface area (Å²) in [4.78, 5) is 0. The van der Waals surface area contributed by atoms with Crippen molar-refractivity contribution < 1.29 is 4.74 Å². The van der Waals surface area contributed by atoms with Gasteiger partial charge in [-0.3, -0.25) is 5.41 Å². The molecule has 0 saturated heterocycles. The second-order valence-corrected chi connectivity index (χ2v) is 4.87. The highest BCUT2D eigenvalue weighted by Crippen LogP contribution is 2.28. The van der Waals surface area contributed by atoms with Gasteiger partial charge in [-0.05, 0) is 55.7 Å². The number of rotatable bonds is 9. The third kappa shape index (κ3) is 5.77. The first-order chi connectivity index (χ1) is 9.17. The molecule has 1 rings (SSSR count). The Morgan fingerprint density at radius 2 is 2.00 bits per heavy atom. The SMILES string of the molecule is C[CH]CCC(CCCC(=N)N)c1ccc(OC)cc1. The van der Waals surface area contributed by atoms with Crippen LogP contribution < -0.4 is 10.5 Å². The largest absolute Gasteiger partial charge is 0.497 e. The predicted octanol–water partition coefficient (Wildman–Crippen LogP) is 3.89. The van der Waals surface area contributed by atoms with E-state index in [0.717, 1.165) is 31.4 Å². The first-order valence-corrected chi connectivity index (χ1v) is 6.92. The van der Waals surface area contributed by atoms with Gasteiger partial charge < -0.3 is 10.5 Å². The molecule has 0 spiro atoms. The number of nitrogens with two attached hydrogens (primary N) is 1. The molecular formula is C16H25N2O. The minimum atomic E-state index is 0.288. The Morgan fingerprint density at radius 1 is 1.32 bits per heavy atom. The number of benzene rings is 1. The quantitative estimate of drug-likeness (QED) is 0.523. The molecule has 3 N–H and O–H groups in total. The smallest absolute Gasteiger partial charge is 0.118 e. The van der Waals surface area contributed by atoms with Crippen LogP contribution in [0, 0.1) is 11.8 Å². The molecule has 1 aromatic carbocycles. The molecule has 1 radical (unpaired) electrons. The molecule has 1 atom stereocenters. The van der Waals surface area contributed by atoms with Crippen molar-refractivity contribution in [3.8, 4) is 5.75 Å². The molecule has 0 aromatic heterocycles. The first-order valence-electron chi connectivity index (χ1n) is 6.92. The lowest BCUT2D eigenvalue weighted by molar-refractivity contribution is 0.414. The summed E-state index contributed by atoms with van der Waals surface area (Å²) >= 11 is 0. The van der Waals surface area contributed by atoms with E-state index in [1.54, 1.807) is 7.11 Å². The summed E-state index contributed by atoms with van der Waals surface area (Å²) in [6.07, 6.45) is 7.25. The van der Waals surface area contributed by atoms with Crippen LogP contribution in [0.3, 0.4) is 0 Å². The third-order valence-corrected chi connectivity index (χ3v) is 3.39. The lowest BCUT2D eigenvalue weighted by Crippen LogP contribution is -2.09. The van der Waals surface area contributed by atoms with E-state index >= 15 is 0 Å². The van der Waals surface area contributed by atoms with Gasteiger partial charge in [-0.1, -0.05) is 19.1 Å². The van der Waals surface area contributed by atoms with E-state index < -0.39 is 0 Å². The van der Waals surface area contributed by atoms with Gasteiger partial charge >= 0.3 is 0 Å². The van der Waals surface area contributed by atoms with Crippen molar-refractivity contribution in [2.75, 3.05) is 7.11 Å². The van der Waals surface area contributed by atoms with E-state index in [0.29, 0.717) is 12.3 Å². The Morgan fingerprint density at radius 3 is 2.53 bits per heavy atom. The van der Waals surface area contributed by atoms with Crippen molar-refractivity contribution in [2.24, 2.45) is 5.73 Å². The molecule has 0 heterocycles. The van der Waals surface area contributed by atoms with Crippen molar-refractivity contribution in [3.63, 3.8) is 0 Å². The van der Waals surface area contributed by atoms with Crippen molar-refractivity contribution >= 4 is 5.84 Å². The highest BCUT2D eigenvalue weighted by atomic mass is 16.5. The summed E-state index contributed by atoms with van der Waals surface area (Å²) in [5.74, 6) is 1.73. The number of amidine groups is 1. The molecule has 0 aliphatic heterocycles. The molecule has 1 aromatic rings. The van der Waals surface area contributed by atoms with Crippen molar-refractivity contribution in [2.45, 2.75) is 44.9 Å². The molecule has 0 saturated carbocycles. The predicted molar refractivity (Wildman–Crippen MR) is 80.7 cm³/mol. The fraction of sp³-hybridized carbons (Fsp3) is 0.500. The minimum absolute atomic E-state index is 0.288. The average molecular weight is 261 g/mol. The zero-order valence-electron chi connectivity index (χ0n) is 12.0. The van der Waals surface area contributed by atoms with Crippen LogP contribution in [0.25, 0.3) is 0 Å². The molecule has 3 heteroatoms. The number of hydrogen-bond acceptors (Lipinski definition) is 2. The maximum Gasteiger partial charge on any atom is 0.118 e. The Kier molecular flexibility index (Phi) is 7.01. The fourth-order valence-corrected chi connectivity index (χ4v) is 2.26. The molecule has 3 nitrogen and oxygen atoms in total. The number of nitrogens with one attached hydrogen (secondary N) is 1. The highest BCUT2D eigenvalue weighted by Gasteiger charge is 2.11. The van der Waals surface area contributed by atoms with Gasteiger partial charge in [-0.2, -0.15) is 0 Å². The maximum absolute atomic E-state index is 7.29. The topological polar surface area (TPSA) is 59.1 Å². The fourth-order valence-electron chi connectivity index (χ4n) is 2.26. The van der Waals surface area contributed by atoms with Gasteiger partial charge in [0, 0.05) is 6.42 Å². The zero-order valence-corrected chi connectivity index (χ0v) is 12.0. The summed E-state index contributed by atoms with van der Waals surface area (Å²) in [5.41, 5.74) is 6.77. The van der Waals surface area contributed by atoms with E-state index in [2.05, 4.69) is 25.5 Å². The highest BCUT2D eigenvalue weighted by molar-refractivity contribution is 5.76. The van der Waals surface area contributed by atoms with Crippen molar-refractivity contribution in [1.29, 1.82) is 5.41 Å². The van der Waals surface area contributed by atoms with Gasteiger partial charge in [0.05, 0.1) is 12.9 Å². The summed E-state index contributed by atoms with van der Waals surface area (Å²) in [5, 5.41) is 7.29. The molecule has 0 bridgehead atoms. The van der Waals surface area contributed by atoms with E-state index in [1.165, 1.54) is 5.56 Å². The van der Waals surface area contributed by atoms with Gasteiger partial charge in [0.2, 0.25) is 0 Å². The van der Waals surface area contributed by atoms with Gasteiger partial charge in [0.25, 0.3) is 0 Å². The van der Waals surface area contributed by atoms with Crippen LogP contribution in [0.2, 0.25) is 0 Å². The van der Waals surface area contributed by atoms with Crippen molar-refractivity contribution in [3.05, 3.63) is 36.2 Å². The van der Waals surface area contributed by atoms with Crippen LogP contribution in [0.5, 0.6) is 5.75 Å². The summed E-state index contributed by atoms with van der Waals surface area (Å²) < 4.78 is 5.19. The average Bonchev–Trinajstić information content (AvgIpc) is 2.42. The first kappa shape index (κ1) is 15.5. The van der Waals surface area contributed by atoms with Gasteiger partial charge in [-0.25, -0.2) is 0 Å². The lowest BCUT2D eigenvalue weighted by Gasteiger charge is -2.17. The van der Waals surface area contributed by atoms with E-state index in [4.69, 9.17) is 15.9 Å². The Labute approximate surface area is 116 Å². The van der Waals surface area contributed by atoms with Gasteiger partial charge in [0.15, 0.2) is 0 Å². The van der Waals surface area contributed by atoms with E-state index in [1.807, 2.05) is 12.1 Å². The third-order valence-electron chi connectivity index (χ3n) is 3.39. The summed E-state index contributed by atoms with van der Waals surface area (Å²) in [6, 6.07) is 8.33. The van der Waals surface area contributed by atoms with E-state index in [9.17, 15) is 0 Å². The van der Waals surface area contributed by atoms with Crippen LogP contribution in [-0.2, 0) is 0 Å². The number of ether oxygens (including phenoxy) is 1. The molecule has 0 fully saturated rings. The van der Waals surface area contributed by atoms with Gasteiger partial charge in [-0.15, -0.1) is 0 Å². The Bertz CT molecular complexity index is 373. The molecule has 105 valence electrons.